The summed E-state index contributed by atoms with van der Waals surface area (Å²) in [6.45, 7) is 2.07. The summed E-state index contributed by atoms with van der Waals surface area (Å²) in [7, 11) is 3.78. The average molecular weight is 306 g/mol. The molecule has 1 aromatic rings. The van der Waals surface area contributed by atoms with E-state index in [-0.39, 0.29) is 5.92 Å². The first-order valence-electron chi connectivity index (χ1n) is 6.89. The molecule has 0 bridgehead atoms. The van der Waals surface area contributed by atoms with E-state index in [1.807, 2.05) is 43.3 Å². The van der Waals surface area contributed by atoms with Crippen molar-refractivity contribution in [2.75, 3.05) is 14.1 Å². The number of amidine groups is 2. The van der Waals surface area contributed by atoms with Crippen molar-refractivity contribution in [2.45, 2.75) is 19.8 Å². The van der Waals surface area contributed by atoms with E-state index in [1.54, 1.807) is 0 Å². The van der Waals surface area contributed by atoms with Crippen molar-refractivity contribution in [3.05, 3.63) is 29.3 Å². The summed E-state index contributed by atoms with van der Waals surface area (Å²) in [5.74, 6) is 2.16. The molecule has 0 spiro atoms. The van der Waals surface area contributed by atoms with Crippen LogP contribution in [-0.2, 0) is 0 Å². The normalized spacial score (nSPS) is 21.3. The van der Waals surface area contributed by atoms with Crippen LogP contribution >= 0.6 is 11.6 Å². The summed E-state index contributed by atoms with van der Waals surface area (Å²) >= 11 is 5.89. The summed E-state index contributed by atoms with van der Waals surface area (Å²) in [6, 6.07) is 7.39. The molecule has 1 unspecified atom stereocenters. The monoisotopic (exact) mass is 305 g/mol. The lowest BCUT2D eigenvalue weighted by Gasteiger charge is -2.18. The third kappa shape index (κ3) is 4.29. The van der Waals surface area contributed by atoms with Gasteiger partial charge < -0.3 is 10.6 Å². The predicted octanol–water partition coefficient (Wildman–Crippen LogP) is 3.07. The fourth-order valence-electron chi connectivity index (χ4n) is 1.86. The van der Waals surface area contributed by atoms with Gasteiger partial charge in [-0.2, -0.15) is 4.99 Å². The molecule has 1 aromatic carbocycles. The fourth-order valence-corrected chi connectivity index (χ4v) is 1.99. The van der Waals surface area contributed by atoms with Gasteiger partial charge in [0.05, 0.1) is 5.69 Å². The molecule has 21 heavy (non-hydrogen) atoms. The van der Waals surface area contributed by atoms with E-state index in [1.165, 1.54) is 0 Å². The van der Waals surface area contributed by atoms with Crippen molar-refractivity contribution in [3.63, 3.8) is 0 Å². The highest BCUT2D eigenvalue weighted by atomic mass is 35.5. The number of halogens is 1. The molecule has 1 aliphatic rings. The van der Waals surface area contributed by atoms with Gasteiger partial charge in [-0.25, -0.2) is 9.98 Å². The van der Waals surface area contributed by atoms with Crippen LogP contribution < -0.4 is 5.73 Å². The van der Waals surface area contributed by atoms with Gasteiger partial charge in [0.2, 0.25) is 5.96 Å². The summed E-state index contributed by atoms with van der Waals surface area (Å²) in [6.07, 6.45) is 1.64. The zero-order valence-corrected chi connectivity index (χ0v) is 13.3. The molecule has 0 saturated heterocycles. The molecule has 0 radical (unpaired) electrons. The molecule has 0 fully saturated rings. The van der Waals surface area contributed by atoms with Crippen molar-refractivity contribution >= 4 is 34.9 Å². The third-order valence-corrected chi connectivity index (χ3v) is 3.50. The van der Waals surface area contributed by atoms with Crippen LogP contribution in [0.5, 0.6) is 0 Å². The zero-order valence-electron chi connectivity index (χ0n) is 12.5. The molecule has 0 aromatic heterocycles. The van der Waals surface area contributed by atoms with Crippen molar-refractivity contribution < 1.29 is 0 Å². The number of aliphatic imine (C=N–C) groups is 3. The standard InChI is InChI=1S/C15H20ClN5/c1-10-4-9-13(18-12-7-5-11(16)6-8-12)19-15(21(2)3)20-14(10)17/h5-8,10H,4,9H2,1-3H3,(H2,17,18,19,20). The molecule has 1 atom stereocenters. The molecule has 112 valence electrons. The van der Waals surface area contributed by atoms with Crippen LogP contribution in [0, 0.1) is 5.92 Å². The zero-order chi connectivity index (χ0) is 15.4. The minimum absolute atomic E-state index is 0.214. The van der Waals surface area contributed by atoms with Gasteiger partial charge in [0.1, 0.15) is 11.7 Å². The number of hydrogen-bond donors (Lipinski definition) is 1. The smallest absolute Gasteiger partial charge is 0.228 e. The number of nitrogens with two attached hydrogens (primary N) is 1. The number of hydrogen-bond acceptors (Lipinski definition) is 4. The number of guanidine groups is 1. The highest BCUT2D eigenvalue weighted by molar-refractivity contribution is 6.30. The van der Waals surface area contributed by atoms with Gasteiger partial charge in [-0.1, -0.05) is 18.5 Å². The van der Waals surface area contributed by atoms with Crippen molar-refractivity contribution in [1.82, 2.24) is 4.90 Å². The number of nitrogens with zero attached hydrogens (tertiary/aromatic N) is 4. The molecule has 0 amide bonds. The van der Waals surface area contributed by atoms with Gasteiger partial charge in [0.15, 0.2) is 0 Å². The maximum Gasteiger partial charge on any atom is 0.228 e. The predicted molar refractivity (Wildman–Crippen MR) is 89.7 cm³/mol. The first kappa shape index (κ1) is 15.5. The summed E-state index contributed by atoms with van der Waals surface area (Å²) in [4.78, 5) is 15.3. The fraction of sp³-hybridized carbons (Fsp3) is 0.400. The maximum absolute atomic E-state index is 5.98. The lowest BCUT2D eigenvalue weighted by atomic mass is 10.0. The summed E-state index contributed by atoms with van der Waals surface area (Å²) < 4.78 is 0. The van der Waals surface area contributed by atoms with E-state index >= 15 is 0 Å². The number of benzene rings is 1. The SMILES string of the molecule is CC1CCC(=Nc2ccc(Cl)cc2)N=C(N(C)C)N=C1N. The van der Waals surface area contributed by atoms with Gasteiger partial charge >= 0.3 is 0 Å². The van der Waals surface area contributed by atoms with Crippen molar-refractivity contribution in [2.24, 2.45) is 26.6 Å². The van der Waals surface area contributed by atoms with E-state index < -0.39 is 0 Å². The van der Waals surface area contributed by atoms with Crippen LogP contribution in [0.4, 0.5) is 5.69 Å². The van der Waals surface area contributed by atoms with E-state index in [4.69, 9.17) is 17.3 Å². The van der Waals surface area contributed by atoms with Crippen LogP contribution in [0.15, 0.2) is 39.2 Å². The van der Waals surface area contributed by atoms with Gasteiger partial charge in [0, 0.05) is 31.5 Å². The Morgan fingerprint density at radius 3 is 2.52 bits per heavy atom. The first-order chi connectivity index (χ1) is 9.95. The second-order valence-electron chi connectivity index (χ2n) is 5.29. The third-order valence-electron chi connectivity index (χ3n) is 3.25. The highest BCUT2D eigenvalue weighted by Gasteiger charge is 2.15. The molecule has 1 aliphatic heterocycles. The molecule has 1 heterocycles. The molecule has 5 nitrogen and oxygen atoms in total. The Morgan fingerprint density at radius 1 is 1.24 bits per heavy atom. The second-order valence-corrected chi connectivity index (χ2v) is 5.72. The Morgan fingerprint density at radius 2 is 1.90 bits per heavy atom. The second kappa shape index (κ2) is 6.72. The Balaban J connectivity index is 2.37. The topological polar surface area (TPSA) is 66.3 Å². The van der Waals surface area contributed by atoms with Crippen LogP contribution in [0.2, 0.25) is 5.02 Å². The van der Waals surface area contributed by atoms with Gasteiger partial charge in [0.25, 0.3) is 0 Å². The maximum atomic E-state index is 5.98. The number of rotatable bonds is 1. The Labute approximate surface area is 130 Å². The van der Waals surface area contributed by atoms with Crippen LogP contribution in [-0.4, -0.2) is 36.6 Å². The van der Waals surface area contributed by atoms with E-state index in [9.17, 15) is 0 Å². The highest BCUT2D eigenvalue weighted by Crippen LogP contribution is 2.19. The van der Waals surface area contributed by atoms with Crippen LogP contribution in [0.25, 0.3) is 0 Å². The van der Waals surface area contributed by atoms with E-state index in [0.29, 0.717) is 16.8 Å². The van der Waals surface area contributed by atoms with E-state index in [2.05, 4.69) is 21.9 Å². The van der Waals surface area contributed by atoms with Crippen molar-refractivity contribution in [3.8, 4) is 0 Å². The van der Waals surface area contributed by atoms with Crippen molar-refractivity contribution in [1.29, 1.82) is 0 Å². The van der Waals surface area contributed by atoms with Gasteiger partial charge in [-0.3, -0.25) is 0 Å². The molecule has 0 aliphatic carbocycles. The lowest BCUT2D eigenvalue weighted by molar-refractivity contribution is 0.609. The Bertz CT molecular complexity index is 587. The average Bonchev–Trinajstić information content (AvgIpc) is 2.44. The Kier molecular flexibility index (Phi) is 4.96. The van der Waals surface area contributed by atoms with Crippen LogP contribution in [0.1, 0.15) is 19.8 Å². The molecule has 2 rings (SSSR count). The largest absolute Gasteiger partial charge is 0.387 e. The molecule has 2 N–H and O–H groups in total. The van der Waals surface area contributed by atoms with Gasteiger partial charge in [-0.05, 0) is 30.7 Å². The quantitative estimate of drug-likeness (QED) is 0.866. The summed E-state index contributed by atoms with van der Waals surface area (Å²) in [5, 5.41) is 0.695. The minimum Gasteiger partial charge on any atom is -0.387 e. The first-order valence-corrected chi connectivity index (χ1v) is 7.26. The van der Waals surface area contributed by atoms with Crippen LogP contribution in [0.3, 0.4) is 0 Å². The lowest BCUT2D eigenvalue weighted by Crippen LogP contribution is -2.30. The summed E-state index contributed by atoms with van der Waals surface area (Å²) in [5.41, 5.74) is 6.81. The minimum atomic E-state index is 0.214. The Hall–Kier alpha value is -1.88. The van der Waals surface area contributed by atoms with Gasteiger partial charge in [-0.15, -0.1) is 0 Å². The molecular formula is C15H20ClN5. The molecular weight excluding hydrogens is 286 g/mol. The molecule has 0 saturated carbocycles. The van der Waals surface area contributed by atoms with E-state index in [0.717, 1.165) is 24.4 Å². The molecule has 6 heteroatoms.